The number of carboxylic acid groups (broad SMARTS) is 1. The van der Waals surface area contributed by atoms with Crippen LogP contribution in [0.15, 0.2) is 0 Å². The molecule has 0 spiro atoms. The van der Waals surface area contributed by atoms with Gasteiger partial charge in [-0.3, -0.25) is 4.79 Å². The lowest BCUT2D eigenvalue weighted by Crippen LogP contribution is -2.41. The molecule has 1 N–H and O–H groups in total. The molecule has 0 aliphatic heterocycles. The minimum Gasteiger partial charge on any atom is -0.481 e. The fourth-order valence-corrected chi connectivity index (χ4v) is 3.17. The van der Waals surface area contributed by atoms with Gasteiger partial charge in [-0.2, -0.15) is 0 Å². The number of hydrogen-bond donors (Lipinski definition) is 1. The molecule has 16 heavy (non-hydrogen) atoms. The summed E-state index contributed by atoms with van der Waals surface area (Å²) >= 11 is 0. The fourth-order valence-electron chi connectivity index (χ4n) is 3.17. The highest BCUT2D eigenvalue weighted by atomic mass is 16.5. The van der Waals surface area contributed by atoms with Crippen LogP contribution in [0.3, 0.4) is 0 Å². The second-order valence-electron chi connectivity index (χ2n) is 4.89. The molecular weight excluding hydrogens is 204 g/mol. The zero-order chi connectivity index (χ0) is 12.2. The number of rotatable bonds is 5. The Balaban J connectivity index is 2.81. The molecule has 0 bridgehead atoms. The van der Waals surface area contributed by atoms with Gasteiger partial charge in [-0.15, -0.1) is 0 Å². The van der Waals surface area contributed by atoms with Crippen molar-refractivity contribution in [1.29, 1.82) is 0 Å². The zero-order valence-electron chi connectivity index (χ0n) is 10.7. The summed E-state index contributed by atoms with van der Waals surface area (Å²) in [6, 6.07) is 0. The van der Waals surface area contributed by atoms with Crippen LogP contribution in [0.4, 0.5) is 0 Å². The Labute approximate surface area is 98.2 Å². The monoisotopic (exact) mass is 228 g/mol. The highest BCUT2D eigenvalue weighted by molar-refractivity contribution is 5.75. The maximum Gasteiger partial charge on any atom is 0.309 e. The largest absolute Gasteiger partial charge is 0.481 e. The summed E-state index contributed by atoms with van der Waals surface area (Å²) in [5, 5.41) is 9.49. The molecule has 0 aromatic carbocycles. The molecule has 0 aromatic heterocycles. The number of aliphatic carboxylic acids is 1. The summed E-state index contributed by atoms with van der Waals surface area (Å²) in [5.74, 6) is -0.349. The Morgan fingerprint density at radius 3 is 2.44 bits per heavy atom. The smallest absolute Gasteiger partial charge is 0.309 e. The molecule has 94 valence electrons. The Hall–Kier alpha value is -0.570. The average molecular weight is 228 g/mol. The SMILES string of the molecule is CCC(CC)(C(=O)O)C1CCCC(OC)C1. The van der Waals surface area contributed by atoms with E-state index in [1.54, 1.807) is 7.11 Å². The molecule has 0 amide bonds. The molecule has 0 heterocycles. The molecule has 3 heteroatoms. The van der Waals surface area contributed by atoms with Gasteiger partial charge in [0.2, 0.25) is 0 Å². The molecule has 2 unspecified atom stereocenters. The second kappa shape index (κ2) is 5.67. The first kappa shape index (κ1) is 13.5. The van der Waals surface area contributed by atoms with Crippen molar-refractivity contribution in [1.82, 2.24) is 0 Å². The molecule has 0 aromatic rings. The maximum atomic E-state index is 11.5. The third-order valence-corrected chi connectivity index (χ3v) is 4.43. The third-order valence-electron chi connectivity index (χ3n) is 4.43. The molecule has 3 nitrogen and oxygen atoms in total. The molecule has 1 saturated carbocycles. The van der Waals surface area contributed by atoms with Crippen molar-refractivity contribution in [3.8, 4) is 0 Å². The Morgan fingerprint density at radius 2 is 2.00 bits per heavy atom. The van der Waals surface area contributed by atoms with E-state index in [1.165, 1.54) is 0 Å². The number of ether oxygens (including phenoxy) is 1. The van der Waals surface area contributed by atoms with Crippen molar-refractivity contribution in [2.75, 3.05) is 7.11 Å². The normalized spacial score (nSPS) is 26.7. The lowest BCUT2D eigenvalue weighted by molar-refractivity contribution is -0.155. The van der Waals surface area contributed by atoms with Gasteiger partial charge in [0.15, 0.2) is 0 Å². The summed E-state index contributed by atoms with van der Waals surface area (Å²) in [6.07, 6.45) is 5.82. The number of methoxy groups -OCH3 is 1. The van der Waals surface area contributed by atoms with Gasteiger partial charge in [0.25, 0.3) is 0 Å². The van der Waals surface area contributed by atoms with Crippen molar-refractivity contribution in [2.24, 2.45) is 11.3 Å². The van der Waals surface area contributed by atoms with Crippen LogP contribution in [-0.4, -0.2) is 24.3 Å². The van der Waals surface area contributed by atoms with E-state index >= 15 is 0 Å². The predicted molar refractivity (Wildman–Crippen MR) is 63.4 cm³/mol. The van der Waals surface area contributed by atoms with Gasteiger partial charge in [-0.1, -0.05) is 20.3 Å². The minimum atomic E-state index is -0.626. The van der Waals surface area contributed by atoms with Gasteiger partial charge in [0, 0.05) is 7.11 Å². The van der Waals surface area contributed by atoms with Crippen molar-refractivity contribution in [3.05, 3.63) is 0 Å². The topological polar surface area (TPSA) is 46.5 Å². The van der Waals surface area contributed by atoms with Crippen molar-refractivity contribution >= 4 is 5.97 Å². The van der Waals surface area contributed by atoms with E-state index in [-0.39, 0.29) is 12.0 Å². The lowest BCUT2D eigenvalue weighted by Gasteiger charge is -2.40. The van der Waals surface area contributed by atoms with Crippen LogP contribution >= 0.6 is 0 Å². The second-order valence-corrected chi connectivity index (χ2v) is 4.89. The quantitative estimate of drug-likeness (QED) is 0.786. The minimum absolute atomic E-state index is 0.260. The Bertz CT molecular complexity index is 233. The van der Waals surface area contributed by atoms with Gasteiger partial charge in [0.05, 0.1) is 11.5 Å². The van der Waals surface area contributed by atoms with Gasteiger partial charge >= 0.3 is 5.97 Å². The standard InChI is InChI=1S/C13H24O3/c1-4-13(5-2,12(14)15)10-7-6-8-11(9-10)16-3/h10-11H,4-9H2,1-3H3,(H,14,15). The number of carboxylic acids is 1. The van der Waals surface area contributed by atoms with Crippen LogP contribution in [0.1, 0.15) is 52.4 Å². The van der Waals surface area contributed by atoms with Crippen molar-refractivity contribution < 1.29 is 14.6 Å². The van der Waals surface area contributed by atoms with Crippen LogP contribution in [0.5, 0.6) is 0 Å². The molecular formula is C13H24O3. The third kappa shape index (κ3) is 2.40. The molecule has 1 rings (SSSR count). The highest BCUT2D eigenvalue weighted by Gasteiger charge is 2.44. The van der Waals surface area contributed by atoms with E-state index in [9.17, 15) is 9.90 Å². The maximum absolute atomic E-state index is 11.5. The van der Waals surface area contributed by atoms with E-state index in [0.29, 0.717) is 0 Å². The first-order chi connectivity index (χ1) is 7.60. The molecule has 0 radical (unpaired) electrons. The van der Waals surface area contributed by atoms with E-state index < -0.39 is 11.4 Å². The number of hydrogen-bond acceptors (Lipinski definition) is 2. The van der Waals surface area contributed by atoms with Crippen LogP contribution in [-0.2, 0) is 9.53 Å². The fraction of sp³-hybridized carbons (Fsp3) is 0.923. The van der Waals surface area contributed by atoms with Crippen molar-refractivity contribution in [3.63, 3.8) is 0 Å². The Morgan fingerprint density at radius 1 is 1.38 bits per heavy atom. The first-order valence-electron chi connectivity index (χ1n) is 6.36. The van der Waals surface area contributed by atoms with Crippen LogP contribution in [0, 0.1) is 11.3 Å². The van der Waals surface area contributed by atoms with Crippen LogP contribution < -0.4 is 0 Å². The van der Waals surface area contributed by atoms with E-state index in [1.807, 2.05) is 13.8 Å². The molecule has 1 fully saturated rings. The van der Waals surface area contributed by atoms with E-state index in [4.69, 9.17) is 4.74 Å². The molecule has 1 aliphatic carbocycles. The summed E-state index contributed by atoms with van der Waals surface area (Å²) in [4.78, 5) is 11.5. The van der Waals surface area contributed by atoms with E-state index in [2.05, 4.69) is 0 Å². The molecule has 2 atom stereocenters. The lowest BCUT2D eigenvalue weighted by atomic mass is 9.65. The molecule has 1 aliphatic rings. The van der Waals surface area contributed by atoms with Gasteiger partial charge < -0.3 is 9.84 Å². The zero-order valence-corrected chi connectivity index (χ0v) is 10.7. The van der Waals surface area contributed by atoms with E-state index in [0.717, 1.165) is 38.5 Å². The van der Waals surface area contributed by atoms with Gasteiger partial charge in [-0.05, 0) is 38.0 Å². The van der Waals surface area contributed by atoms with Crippen LogP contribution in [0.25, 0.3) is 0 Å². The summed E-state index contributed by atoms with van der Waals surface area (Å²) in [7, 11) is 1.73. The highest BCUT2D eigenvalue weighted by Crippen LogP contribution is 2.44. The van der Waals surface area contributed by atoms with Crippen molar-refractivity contribution in [2.45, 2.75) is 58.5 Å². The summed E-state index contributed by atoms with van der Waals surface area (Å²) in [5.41, 5.74) is -0.531. The van der Waals surface area contributed by atoms with Gasteiger partial charge in [0.1, 0.15) is 0 Å². The number of carbonyl (C=O) groups is 1. The van der Waals surface area contributed by atoms with Gasteiger partial charge in [-0.25, -0.2) is 0 Å². The first-order valence-corrected chi connectivity index (χ1v) is 6.36. The van der Waals surface area contributed by atoms with Crippen LogP contribution in [0.2, 0.25) is 0 Å². The molecule has 0 saturated heterocycles. The average Bonchev–Trinajstić information content (AvgIpc) is 2.31. The summed E-state index contributed by atoms with van der Waals surface area (Å²) in [6.45, 7) is 3.99. The summed E-state index contributed by atoms with van der Waals surface area (Å²) < 4.78 is 5.39. The Kier molecular flexibility index (Phi) is 4.78. The predicted octanol–water partition coefficient (Wildman–Crippen LogP) is 3.08.